The summed E-state index contributed by atoms with van der Waals surface area (Å²) in [5.74, 6) is 1.26. The first-order chi connectivity index (χ1) is 4.91. The van der Waals surface area contributed by atoms with Crippen LogP contribution in [-0.2, 0) is 12.5 Å². The van der Waals surface area contributed by atoms with Crippen molar-refractivity contribution in [3.05, 3.63) is 5.82 Å². The van der Waals surface area contributed by atoms with Crippen molar-refractivity contribution in [2.45, 2.75) is 26.2 Å². The molecule has 0 saturated heterocycles. The molecule has 1 rings (SSSR count). The van der Waals surface area contributed by atoms with Crippen molar-refractivity contribution in [2.24, 2.45) is 7.05 Å². The number of hydrogen-bond acceptors (Lipinski definition) is 3. The molecule has 0 radical (unpaired) electrons. The second-order valence-corrected chi connectivity index (χ2v) is 3.67. The summed E-state index contributed by atoms with van der Waals surface area (Å²) in [7, 11) is 1.85. The van der Waals surface area contributed by atoms with Gasteiger partial charge in [0.05, 0.1) is 0 Å². The zero-order valence-electron chi connectivity index (χ0n) is 7.42. The highest BCUT2D eigenvalue weighted by atomic mass is 15.4. The Morgan fingerprint density at radius 1 is 1.36 bits per heavy atom. The molecule has 11 heavy (non-hydrogen) atoms. The Bertz CT molecular complexity index is 256. The van der Waals surface area contributed by atoms with E-state index in [1.165, 1.54) is 0 Å². The maximum Gasteiger partial charge on any atom is 0.239 e. The van der Waals surface area contributed by atoms with Crippen molar-refractivity contribution in [3.63, 3.8) is 0 Å². The van der Waals surface area contributed by atoms with E-state index in [1.54, 1.807) is 4.68 Å². The van der Waals surface area contributed by atoms with E-state index in [0.29, 0.717) is 5.95 Å². The van der Waals surface area contributed by atoms with Crippen molar-refractivity contribution in [1.82, 2.24) is 14.8 Å². The van der Waals surface area contributed by atoms with Crippen LogP contribution in [0.25, 0.3) is 0 Å². The van der Waals surface area contributed by atoms with Gasteiger partial charge in [0.2, 0.25) is 5.95 Å². The maximum atomic E-state index is 5.43. The van der Waals surface area contributed by atoms with Crippen LogP contribution in [0.3, 0.4) is 0 Å². The number of nitrogens with zero attached hydrogens (tertiary/aromatic N) is 3. The first kappa shape index (κ1) is 8.04. The molecule has 0 spiro atoms. The molecule has 0 aromatic carbocycles. The first-order valence-electron chi connectivity index (χ1n) is 3.58. The minimum atomic E-state index is 0.0133. The summed E-state index contributed by atoms with van der Waals surface area (Å²) < 4.78 is 1.72. The predicted octanol–water partition coefficient (Wildman–Crippen LogP) is 0.695. The Morgan fingerprint density at radius 2 is 1.91 bits per heavy atom. The Labute approximate surface area is 66.4 Å². The third-order valence-corrected chi connectivity index (χ3v) is 1.45. The van der Waals surface area contributed by atoms with E-state index in [1.807, 2.05) is 7.05 Å². The molecule has 62 valence electrons. The van der Waals surface area contributed by atoms with Crippen LogP contribution in [0.2, 0.25) is 0 Å². The Balaban J connectivity index is 3.13. The molecule has 4 heteroatoms. The quantitative estimate of drug-likeness (QED) is 0.598. The number of anilines is 1. The standard InChI is InChI=1S/C7H14N4/c1-7(2,3)5-9-6(8)10-11(5)4/h1-4H3,(H2,8,10). The molecule has 4 nitrogen and oxygen atoms in total. The van der Waals surface area contributed by atoms with Gasteiger partial charge in [0.1, 0.15) is 5.82 Å². The lowest BCUT2D eigenvalue weighted by Crippen LogP contribution is -2.17. The van der Waals surface area contributed by atoms with E-state index in [9.17, 15) is 0 Å². The summed E-state index contributed by atoms with van der Waals surface area (Å²) in [6.07, 6.45) is 0. The van der Waals surface area contributed by atoms with E-state index in [2.05, 4.69) is 30.9 Å². The van der Waals surface area contributed by atoms with Crippen molar-refractivity contribution in [3.8, 4) is 0 Å². The van der Waals surface area contributed by atoms with E-state index < -0.39 is 0 Å². The smallest absolute Gasteiger partial charge is 0.239 e. The second-order valence-electron chi connectivity index (χ2n) is 3.67. The molecule has 0 aliphatic carbocycles. The normalized spacial score (nSPS) is 12.0. The van der Waals surface area contributed by atoms with Crippen LogP contribution in [0.4, 0.5) is 5.95 Å². The molecule has 0 fully saturated rings. The van der Waals surface area contributed by atoms with Gasteiger partial charge in [-0.3, -0.25) is 4.68 Å². The monoisotopic (exact) mass is 154 g/mol. The maximum absolute atomic E-state index is 5.43. The molecule has 0 saturated carbocycles. The van der Waals surface area contributed by atoms with E-state index in [0.717, 1.165) is 5.82 Å². The van der Waals surface area contributed by atoms with Crippen molar-refractivity contribution >= 4 is 5.95 Å². The second kappa shape index (κ2) is 2.22. The number of hydrogen-bond donors (Lipinski definition) is 1. The molecule has 0 bridgehead atoms. The highest BCUT2D eigenvalue weighted by Gasteiger charge is 2.20. The summed E-state index contributed by atoms with van der Waals surface area (Å²) in [5, 5.41) is 3.96. The van der Waals surface area contributed by atoms with Gasteiger partial charge in [-0.15, -0.1) is 5.10 Å². The largest absolute Gasteiger partial charge is 0.366 e. The van der Waals surface area contributed by atoms with Gasteiger partial charge in [0.15, 0.2) is 0 Å². The molecule has 0 amide bonds. The highest BCUT2D eigenvalue weighted by molar-refractivity contribution is 5.17. The van der Waals surface area contributed by atoms with Gasteiger partial charge in [-0.2, -0.15) is 4.98 Å². The van der Waals surface area contributed by atoms with Gasteiger partial charge in [0.25, 0.3) is 0 Å². The summed E-state index contributed by atoms with van der Waals surface area (Å²) in [6, 6.07) is 0. The molecule has 1 heterocycles. The van der Waals surface area contributed by atoms with Gasteiger partial charge >= 0.3 is 0 Å². The molecule has 0 aliphatic rings. The summed E-state index contributed by atoms with van der Waals surface area (Å²) >= 11 is 0. The zero-order valence-corrected chi connectivity index (χ0v) is 7.42. The van der Waals surface area contributed by atoms with Crippen LogP contribution in [0.1, 0.15) is 26.6 Å². The van der Waals surface area contributed by atoms with Crippen LogP contribution < -0.4 is 5.73 Å². The summed E-state index contributed by atoms with van der Waals surface area (Å²) in [5.41, 5.74) is 5.45. The Morgan fingerprint density at radius 3 is 2.09 bits per heavy atom. The highest BCUT2D eigenvalue weighted by Crippen LogP contribution is 2.19. The van der Waals surface area contributed by atoms with Crippen molar-refractivity contribution in [1.29, 1.82) is 0 Å². The third kappa shape index (κ3) is 1.50. The molecule has 0 aliphatic heterocycles. The lowest BCUT2D eigenvalue weighted by atomic mass is 9.96. The van der Waals surface area contributed by atoms with Crippen LogP contribution >= 0.6 is 0 Å². The SMILES string of the molecule is Cn1nc(N)nc1C(C)(C)C. The van der Waals surface area contributed by atoms with Gasteiger partial charge in [-0.1, -0.05) is 20.8 Å². The van der Waals surface area contributed by atoms with Crippen LogP contribution in [0.15, 0.2) is 0 Å². The molecular weight excluding hydrogens is 140 g/mol. The van der Waals surface area contributed by atoms with Crippen LogP contribution in [0, 0.1) is 0 Å². The number of aromatic nitrogens is 3. The lowest BCUT2D eigenvalue weighted by Gasteiger charge is -2.15. The van der Waals surface area contributed by atoms with Gasteiger partial charge in [-0.05, 0) is 0 Å². The summed E-state index contributed by atoms with van der Waals surface area (Å²) in [6.45, 7) is 6.24. The summed E-state index contributed by atoms with van der Waals surface area (Å²) in [4.78, 5) is 4.11. The van der Waals surface area contributed by atoms with Crippen molar-refractivity contribution < 1.29 is 0 Å². The fourth-order valence-corrected chi connectivity index (χ4v) is 1.06. The number of nitrogen functional groups attached to an aromatic ring is 1. The molecule has 1 aromatic rings. The Kier molecular flexibility index (Phi) is 1.62. The average molecular weight is 154 g/mol. The van der Waals surface area contributed by atoms with E-state index in [4.69, 9.17) is 5.73 Å². The third-order valence-electron chi connectivity index (χ3n) is 1.45. The number of rotatable bonds is 0. The van der Waals surface area contributed by atoms with Gasteiger partial charge in [-0.25, -0.2) is 0 Å². The topological polar surface area (TPSA) is 56.7 Å². The Hall–Kier alpha value is -1.06. The molecule has 0 unspecified atom stereocenters. The molecule has 2 N–H and O–H groups in total. The minimum Gasteiger partial charge on any atom is -0.366 e. The molecule has 1 aromatic heterocycles. The van der Waals surface area contributed by atoms with E-state index in [-0.39, 0.29) is 5.41 Å². The number of aryl methyl sites for hydroxylation is 1. The fourth-order valence-electron chi connectivity index (χ4n) is 1.06. The van der Waals surface area contributed by atoms with Crippen molar-refractivity contribution in [2.75, 3.05) is 5.73 Å². The van der Waals surface area contributed by atoms with Gasteiger partial charge in [0, 0.05) is 12.5 Å². The zero-order chi connectivity index (χ0) is 8.65. The molecule has 0 atom stereocenters. The van der Waals surface area contributed by atoms with Gasteiger partial charge < -0.3 is 5.73 Å². The van der Waals surface area contributed by atoms with Crippen LogP contribution in [0.5, 0.6) is 0 Å². The predicted molar refractivity (Wildman–Crippen MR) is 44.1 cm³/mol. The average Bonchev–Trinajstić information content (AvgIpc) is 2.08. The molecular formula is C7H14N4. The lowest BCUT2D eigenvalue weighted by molar-refractivity contribution is 0.506. The number of nitrogens with two attached hydrogens (primary N) is 1. The van der Waals surface area contributed by atoms with Crippen LogP contribution in [-0.4, -0.2) is 14.8 Å². The van der Waals surface area contributed by atoms with E-state index >= 15 is 0 Å². The fraction of sp³-hybridized carbons (Fsp3) is 0.714. The minimum absolute atomic E-state index is 0.0133. The first-order valence-corrected chi connectivity index (χ1v) is 3.58.